The SMILES string of the molecule is CCCNCC(COC)N1CCCCCC1C. The van der Waals surface area contributed by atoms with E-state index in [0.717, 1.165) is 19.7 Å². The average molecular weight is 242 g/mol. The molecule has 102 valence electrons. The maximum absolute atomic E-state index is 5.40. The normalized spacial score (nSPS) is 24.5. The van der Waals surface area contributed by atoms with Gasteiger partial charge in [-0.1, -0.05) is 19.8 Å². The number of hydrogen-bond donors (Lipinski definition) is 1. The number of methoxy groups -OCH3 is 1. The van der Waals surface area contributed by atoms with Crippen LogP contribution >= 0.6 is 0 Å². The minimum atomic E-state index is 0.541. The van der Waals surface area contributed by atoms with Gasteiger partial charge in [0.2, 0.25) is 0 Å². The van der Waals surface area contributed by atoms with Gasteiger partial charge in [-0.25, -0.2) is 0 Å². The van der Waals surface area contributed by atoms with E-state index in [2.05, 4.69) is 24.1 Å². The Morgan fingerprint density at radius 1 is 1.35 bits per heavy atom. The van der Waals surface area contributed by atoms with Crippen LogP contribution in [0.4, 0.5) is 0 Å². The van der Waals surface area contributed by atoms with Crippen LogP contribution in [0.25, 0.3) is 0 Å². The van der Waals surface area contributed by atoms with Gasteiger partial charge in [0.15, 0.2) is 0 Å². The number of ether oxygens (including phenoxy) is 1. The second-order valence-electron chi connectivity index (χ2n) is 5.25. The third kappa shape index (κ3) is 5.36. The Kier molecular flexibility index (Phi) is 7.82. The quantitative estimate of drug-likeness (QED) is 0.693. The molecule has 0 aliphatic carbocycles. The van der Waals surface area contributed by atoms with Crippen molar-refractivity contribution < 1.29 is 4.74 Å². The second-order valence-corrected chi connectivity index (χ2v) is 5.25. The molecule has 0 aromatic heterocycles. The van der Waals surface area contributed by atoms with Crippen LogP contribution in [0.15, 0.2) is 0 Å². The summed E-state index contributed by atoms with van der Waals surface area (Å²) in [5.74, 6) is 0. The molecule has 3 heteroatoms. The molecule has 1 aliphatic heterocycles. The average Bonchev–Trinajstić information content (AvgIpc) is 2.53. The molecule has 17 heavy (non-hydrogen) atoms. The molecule has 1 heterocycles. The Bertz CT molecular complexity index is 187. The van der Waals surface area contributed by atoms with Crippen LogP contribution in [-0.4, -0.2) is 50.3 Å². The molecular weight excluding hydrogens is 212 g/mol. The maximum Gasteiger partial charge on any atom is 0.0630 e. The van der Waals surface area contributed by atoms with E-state index in [1.54, 1.807) is 0 Å². The number of hydrogen-bond acceptors (Lipinski definition) is 3. The standard InChI is InChI=1S/C14H30N2O/c1-4-9-15-11-14(12-17-3)16-10-7-5-6-8-13(16)2/h13-15H,4-12H2,1-3H3. The van der Waals surface area contributed by atoms with E-state index in [4.69, 9.17) is 4.74 Å². The summed E-state index contributed by atoms with van der Waals surface area (Å²) in [5, 5.41) is 3.54. The van der Waals surface area contributed by atoms with E-state index in [0.29, 0.717) is 12.1 Å². The Morgan fingerprint density at radius 2 is 2.18 bits per heavy atom. The predicted molar refractivity (Wildman–Crippen MR) is 73.5 cm³/mol. The molecule has 0 bridgehead atoms. The summed E-state index contributed by atoms with van der Waals surface area (Å²) in [4.78, 5) is 2.65. The van der Waals surface area contributed by atoms with Crippen LogP contribution in [0.3, 0.4) is 0 Å². The fourth-order valence-electron chi connectivity index (χ4n) is 2.75. The summed E-state index contributed by atoms with van der Waals surface area (Å²) in [6.07, 6.45) is 6.67. The molecule has 0 radical (unpaired) electrons. The van der Waals surface area contributed by atoms with Crippen molar-refractivity contribution in [3.63, 3.8) is 0 Å². The van der Waals surface area contributed by atoms with Crippen LogP contribution in [-0.2, 0) is 4.74 Å². The third-order valence-electron chi connectivity index (χ3n) is 3.74. The van der Waals surface area contributed by atoms with Gasteiger partial charge in [-0.05, 0) is 39.3 Å². The van der Waals surface area contributed by atoms with E-state index < -0.39 is 0 Å². The molecule has 1 rings (SSSR count). The third-order valence-corrected chi connectivity index (χ3v) is 3.74. The highest BCUT2D eigenvalue weighted by Crippen LogP contribution is 2.18. The molecule has 0 aromatic rings. The highest BCUT2D eigenvalue weighted by Gasteiger charge is 2.24. The topological polar surface area (TPSA) is 24.5 Å². The predicted octanol–water partition coefficient (Wildman–Crippen LogP) is 2.27. The Hall–Kier alpha value is -0.120. The van der Waals surface area contributed by atoms with Crippen molar-refractivity contribution in [1.29, 1.82) is 0 Å². The van der Waals surface area contributed by atoms with E-state index >= 15 is 0 Å². The van der Waals surface area contributed by atoms with Gasteiger partial charge in [0.25, 0.3) is 0 Å². The number of nitrogens with zero attached hydrogens (tertiary/aromatic N) is 1. The molecule has 0 amide bonds. The van der Waals surface area contributed by atoms with Crippen molar-refractivity contribution in [2.24, 2.45) is 0 Å². The Morgan fingerprint density at radius 3 is 2.88 bits per heavy atom. The van der Waals surface area contributed by atoms with Crippen molar-refractivity contribution in [1.82, 2.24) is 10.2 Å². The summed E-state index contributed by atoms with van der Waals surface area (Å²) >= 11 is 0. The molecule has 1 aliphatic rings. The van der Waals surface area contributed by atoms with E-state index in [9.17, 15) is 0 Å². The lowest BCUT2D eigenvalue weighted by Crippen LogP contribution is -2.49. The van der Waals surface area contributed by atoms with Crippen molar-refractivity contribution in [2.75, 3.05) is 33.4 Å². The molecule has 0 saturated carbocycles. The first-order valence-corrected chi connectivity index (χ1v) is 7.25. The van der Waals surface area contributed by atoms with Gasteiger partial charge in [-0.15, -0.1) is 0 Å². The summed E-state index contributed by atoms with van der Waals surface area (Å²) in [7, 11) is 1.81. The van der Waals surface area contributed by atoms with Crippen molar-refractivity contribution >= 4 is 0 Å². The summed E-state index contributed by atoms with van der Waals surface area (Å²) in [6.45, 7) is 8.85. The number of rotatable bonds is 7. The van der Waals surface area contributed by atoms with Gasteiger partial charge in [-0.3, -0.25) is 4.90 Å². The van der Waals surface area contributed by atoms with E-state index in [-0.39, 0.29) is 0 Å². The maximum atomic E-state index is 5.40. The summed E-state index contributed by atoms with van der Waals surface area (Å²) in [6, 6.07) is 1.25. The number of likely N-dealkylation sites (tertiary alicyclic amines) is 1. The smallest absolute Gasteiger partial charge is 0.0630 e. The van der Waals surface area contributed by atoms with Crippen LogP contribution in [0.5, 0.6) is 0 Å². The van der Waals surface area contributed by atoms with E-state index in [1.807, 2.05) is 7.11 Å². The highest BCUT2D eigenvalue weighted by molar-refractivity contribution is 4.80. The molecule has 1 saturated heterocycles. The zero-order valence-electron chi connectivity index (χ0n) is 11.9. The molecule has 2 unspecified atom stereocenters. The Labute approximate surface area is 107 Å². The largest absolute Gasteiger partial charge is 0.383 e. The lowest BCUT2D eigenvalue weighted by Gasteiger charge is -2.35. The zero-order chi connectivity index (χ0) is 12.5. The summed E-state index contributed by atoms with van der Waals surface area (Å²) in [5.41, 5.74) is 0. The first-order chi connectivity index (χ1) is 8.29. The van der Waals surface area contributed by atoms with E-state index in [1.165, 1.54) is 38.6 Å². The summed E-state index contributed by atoms with van der Waals surface area (Å²) < 4.78 is 5.40. The van der Waals surface area contributed by atoms with Gasteiger partial charge >= 0.3 is 0 Å². The van der Waals surface area contributed by atoms with Gasteiger partial charge < -0.3 is 10.1 Å². The molecule has 2 atom stereocenters. The molecular formula is C14H30N2O. The first kappa shape index (κ1) is 14.9. The molecule has 1 N–H and O–H groups in total. The van der Waals surface area contributed by atoms with Gasteiger partial charge in [-0.2, -0.15) is 0 Å². The van der Waals surface area contributed by atoms with Crippen molar-refractivity contribution in [3.05, 3.63) is 0 Å². The van der Waals surface area contributed by atoms with Crippen molar-refractivity contribution in [3.8, 4) is 0 Å². The lowest BCUT2D eigenvalue weighted by atomic mass is 10.1. The minimum absolute atomic E-state index is 0.541. The van der Waals surface area contributed by atoms with Crippen LogP contribution in [0.1, 0.15) is 46.0 Å². The minimum Gasteiger partial charge on any atom is -0.383 e. The van der Waals surface area contributed by atoms with Crippen LogP contribution < -0.4 is 5.32 Å². The van der Waals surface area contributed by atoms with Gasteiger partial charge in [0.1, 0.15) is 0 Å². The van der Waals surface area contributed by atoms with Gasteiger partial charge in [0, 0.05) is 25.7 Å². The van der Waals surface area contributed by atoms with Crippen LogP contribution in [0.2, 0.25) is 0 Å². The second kappa shape index (κ2) is 8.90. The zero-order valence-corrected chi connectivity index (χ0v) is 11.9. The van der Waals surface area contributed by atoms with Crippen LogP contribution in [0, 0.1) is 0 Å². The molecule has 1 fully saturated rings. The Balaban J connectivity index is 2.46. The lowest BCUT2D eigenvalue weighted by molar-refractivity contribution is 0.0667. The van der Waals surface area contributed by atoms with Gasteiger partial charge in [0.05, 0.1) is 6.61 Å². The monoisotopic (exact) mass is 242 g/mol. The molecule has 0 spiro atoms. The molecule has 0 aromatic carbocycles. The molecule has 3 nitrogen and oxygen atoms in total. The van der Waals surface area contributed by atoms with Crippen molar-refractivity contribution in [2.45, 2.75) is 58.0 Å². The highest BCUT2D eigenvalue weighted by atomic mass is 16.5. The first-order valence-electron chi connectivity index (χ1n) is 7.25. The fraction of sp³-hybridized carbons (Fsp3) is 1.00. The fourth-order valence-corrected chi connectivity index (χ4v) is 2.75. The number of nitrogens with one attached hydrogen (secondary N) is 1.